The van der Waals surface area contributed by atoms with Gasteiger partial charge in [-0.15, -0.1) is 8.57 Å². The molecule has 0 spiro atoms. The number of hydrogen-bond acceptors (Lipinski definition) is 12. The standard InChI is InChI=1S/C12H20N4O7S.C11H18N4O7S/c1-7(2)11(18)14(3)13-10(17)9-5-4-8-6-15(9)12(19)16(8)23-24(20,21)22;1-3-14(7(2)16)12-10(17)9-5-4-8-6-13(9)11(18)15(8)22-23(19,20)21/h7-9H,4-6H2,1-3H3,(H,13,17)(H,20,21,22);8-9H,3-6H2,1-2H3,(H,12,17)(H,19,20,21)/t2*8-,9+/m11/s1. The van der Waals surface area contributed by atoms with E-state index in [1.807, 2.05) is 0 Å². The first-order valence-electron chi connectivity index (χ1n) is 14.3. The van der Waals surface area contributed by atoms with E-state index in [2.05, 4.69) is 19.4 Å². The van der Waals surface area contributed by atoms with Crippen LogP contribution in [0, 0.1) is 5.92 Å². The number of rotatable bonds is 8. The summed E-state index contributed by atoms with van der Waals surface area (Å²) in [4.78, 5) is 74.4. The summed E-state index contributed by atoms with van der Waals surface area (Å²) in [5.74, 6) is -2.03. The quantitative estimate of drug-likeness (QED) is 0.157. The number of carbonyl (C=O) groups is 6. The van der Waals surface area contributed by atoms with E-state index in [0.29, 0.717) is 23.0 Å². The zero-order valence-electron chi connectivity index (χ0n) is 26.1. The molecule has 4 rings (SSSR count). The molecule has 0 saturated carbocycles. The average molecular weight is 715 g/mol. The highest BCUT2D eigenvalue weighted by Crippen LogP contribution is 2.32. The molecule has 8 amide bonds. The fraction of sp³-hybridized carbons (Fsp3) is 0.739. The minimum atomic E-state index is -4.83. The summed E-state index contributed by atoms with van der Waals surface area (Å²) in [7, 11) is -8.25. The Bertz CT molecular complexity index is 1490. The fourth-order valence-electron chi connectivity index (χ4n) is 5.48. The molecule has 266 valence electrons. The number of carbonyl (C=O) groups excluding carboxylic acids is 6. The minimum Gasteiger partial charge on any atom is -0.309 e. The first-order valence-corrected chi connectivity index (χ1v) is 17.1. The first-order chi connectivity index (χ1) is 21.6. The summed E-state index contributed by atoms with van der Waals surface area (Å²) in [6, 6.07) is -4.49. The Balaban J connectivity index is 0.000000256. The van der Waals surface area contributed by atoms with Crippen molar-refractivity contribution in [1.29, 1.82) is 0 Å². The number of hydroxylamine groups is 4. The third kappa shape index (κ3) is 9.16. The summed E-state index contributed by atoms with van der Waals surface area (Å²) < 4.78 is 69.2. The van der Waals surface area contributed by atoms with Gasteiger partial charge in [-0.2, -0.15) is 27.0 Å². The molecule has 0 radical (unpaired) electrons. The number of piperidine rings is 2. The van der Waals surface area contributed by atoms with Gasteiger partial charge in [0.25, 0.3) is 11.8 Å². The third-order valence-corrected chi connectivity index (χ3v) is 8.34. The highest BCUT2D eigenvalue weighted by atomic mass is 32.3. The SMILES string of the molecule is CC(C)C(=O)N(C)NC(=O)[C@@H]1CC[C@@H]2CN1C(=O)N2OS(=O)(=O)O.CCN(NC(=O)[C@@H]1CC[C@@H]2CN1C(=O)N2OS(=O)(=O)O)C(C)=O. The molecule has 24 heteroatoms. The predicted octanol–water partition coefficient (Wildman–Crippen LogP) is -1.98. The predicted molar refractivity (Wildman–Crippen MR) is 154 cm³/mol. The van der Waals surface area contributed by atoms with Gasteiger partial charge in [-0.05, 0) is 32.6 Å². The van der Waals surface area contributed by atoms with Gasteiger partial charge >= 0.3 is 32.9 Å². The van der Waals surface area contributed by atoms with Crippen molar-refractivity contribution in [3.8, 4) is 0 Å². The number of nitrogens with zero attached hydrogens (tertiary/aromatic N) is 6. The molecule has 47 heavy (non-hydrogen) atoms. The topological polar surface area (TPSA) is 273 Å². The van der Waals surface area contributed by atoms with Crippen LogP contribution in [0.15, 0.2) is 0 Å². The molecule has 4 fully saturated rings. The molecule has 0 unspecified atom stereocenters. The van der Waals surface area contributed by atoms with Gasteiger partial charge in [0.2, 0.25) is 11.8 Å². The Kier molecular flexibility index (Phi) is 11.6. The van der Waals surface area contributed by atoms with Gasteiger partial charge in [-0.3, -0.25) is 49.2 Å². The van der Waals surface area contributed by atoms with Crippen molar-refractivity contribution < 1.29 is 63.3 Å². The smallest absolute Gasteiger partial charge is 0.309 e. The van der Waals surface area contributed by atoms with Gasteiger partial charge in [0.05, 0.1) is 12.1 Å². The second-order valence-corrected chi connectivity index (χ2v) is 13.3. The lowest BCUT2D eigenvalue weighted by Gasteiger charge is -2.31. The minimum absolute atomic E-state index is 0.0915. The average Bonchev–Trinajstić information content (AvgIpc) is 3.33. The largest absolute Gasteiger partial charge is 0.418 e. The summed E-state index contributed by atoms with van der Waals surface area (Å²) >= 11 is 0. The maximum atomic E-state index is 12.3. The van der Waals surface area contributed by atoms with Crippen LogP contribution < -0.4 is 10.9 Å². The maximum absolute atomic E-state index is 12.3. The number of urea groups is 2. The van der Waals surface area contributed by atoms with Crippen LogP contribution in [-0.4, -0.2) is 142 Å². The molecule has 22 nitrogen and oxygen atoms in total. The van der Waals surface area contributed by atoms with Crippen molar-refractivity contribution in [3.05, 3.63) is 0 Å². The van der Waals surface area contributed by atoms with E-state index in [1.54, 1.807) is 20.8 Å². The van der Waals surface area contributed by atoms with Crippen LogP contribution in [0.2, 0.25) is 0 Å². The Hall–Kier alpha value is -3.84. The highest BCUT2D eigenvalue weighted by molar-refractivity contribution is 7.81. The fourth-order valence-corrected chi connectivity index (χ4v) is 6.26. The molecular formula is C23H38N8O14S2. The van der Waals surface area contributed by atoms with Gasteiger partial charge in [0.15, 0.2) is 0 Å². The zero-order valence-corrected chi connectivity index (χ0v) is 27.8. The van der Waals surface area contributed by atoms with Gasteiger partial charge in [0, 0.05) is 39.5 Å². The van der Waals surface area contributed by atoms with E-state index in [9.17, 15) is 45.6 Å². The van der Waals surface area contributed by atoms with Crippen molar-refractivity contribution in [2.24, 2.45) is 5.92 Å². The van der Waals surface area contributed by atoms with Crippen molar-refractivity contribution in [3.63, 3.8) is 0 Å². The van der Waals surface area contributed by atoms with E-state index in [4.69, 9.17) is 9.11 Å². The van der Waals surface area contributed by atoms with Crippen molar-refractivity contribution in [1.82, 2.24) is 40.8 Å². The Morgan fingerprint density at radius 3 is 1.57 bits per heavy atom. The molecule has 0 aromatic carbocycles. The molecular weight excluding hydrogens is 676 g/mol. The Morgan fingerprint density at radius 1 is 0.830 bits per heavy atom. The number of hydrazine groups is 2. The molecule has 4 saturated heterocycles. The van der Waals surface area contributed by atoms with E-state index in [1.165, 1.54) is 14.0 Å². The van der Waals surface area contributed by atoms with Gasteiger partial charge in [-0.1, -0.05) is 13.8 Å². The highest BCUT2D eigenvalue weighted by Gasteiger charge is 2.50. The van der Waals surface area contributed by atoms with Crippen molar-refractivity contribution in [2.45, 2.75) is 77.5 Å². The van der Waals surface area contributed by atoms with E-state index < -0.39 is 68.8 Å². The lowest BCUT2D eigenvalue weighted by Crippen LogP contribution is -2.55. The van der Waals surface area contributed by atoms with Crippen molar-refractivity contribution in [2.75, 3.05) is 26.7 Å². The van der Waals surface area contributed by atoms with Gasteiger partial charge in [0.1, 0.15) is 12.1 Å². The first kappa shape index (κ1) is 37.6. The number of fused-ring (bicyclic) bond motifs is 4. The summed E-state index contributed by atoms with van der Waals surface area (Å²) in [6.45, 7) is 6.80. The normalized spacial score (nSPS) is 23.7. The lowest BCUT2D eigenvalue weighted by atomic mass is 10.0. The van der Waals surface area contributed by atoms with Crippen LogP contribution in [0.5, 0.6) is 0 Å². The Labute approximate surface area is 270 Å². The molecule has 4 heterocycles. The molecule has 4 atom stereocenters. The Morgan fingerprint density at radius 2 is 1.23 bits per heavy atom. The number of amides is 8. The molecule has 4 aliphatic rings. The summed E-state index contributed by atoms with van der Waals surface area (Å²) in [6.07, 6.45) is 1.19. The molecule has 0 aliphatic carbocycles. The molecule has 4 N–H and O–H groups in total. The van der Waals surface area contributed by atoms with Crippen LogP contribution >= 0.6 is 0 Å². The maximum Gasteiger partial charge on any atom is 0.418 e. The van der Waals surface area contributed by atoms with Crippen LogP contribution in [0.25, 0.3) is 0 Å². The molecule has 0 aromatic heterocycles. The van der Waals surface area contributed by atoms with Crippen molar-refractivity contribution >= 4 is 56.5 Å². The van der Waals surface area contributed by atoms with Crippen LogP contribution in [-0.2, 0) is 48.5 Å². The van der Waals surface area contributed by atoms with Crippen LogP contribution in [0.1, 0.15) is 53.4 Å². The monoisotopic (exact) mass is 714 g/mol. The second-order valence-electron chi connectivity index (χ2n) is 11.3. The van der Waals surface area contributed by atoms with Crippen LogP contribution in [0.3, 0.4) is 0 Å². The van der Waals surface area contributed by atoms with Crippen LogP contribution in [0.4, 0.5) is 9.59 Å². The number of hydrogen-bond donors (Lipinski definition) is 4. The number of nitrogens with one attached hydrogen (secondary N) is 2. The van der Waals surface area contributed by atoms with Gasteiger partial charge < -0.3 is 9.80 Å². The second kappa shape index (κ2) is 14.5. The summed E-state index contributed by atoms with van der Waals surface area (Å²) in [5, 5.41) is 3.30. The molecule has 4 aliphatic heterocycles. The summed E-state index contributed by atoms with van der Waals surface area (Å²) in [5.41, 5.74) is 4.85. The third-order valence-electron chi connectivity index (χ3n) is 7.64. The van der Waals surface area contributed by atoms with E-state index in [-0.39, 0.29) is 50.2 Å². The van der Waals surface area contributed by atoms with E-state index >= 15 is 0 Å². The van der Waals surface area contributed by atoms with E-state index in [0.717, 1.165) is 19.8 Å². The van der Waals surface area contributed by atoms with Gasteiger partial charge in [-0.25, -0.2) is 9.59 Å². The molecule has 0 aromatic rings. The zero-order chi connectivity index (χ0) is 35.6. The lowest BCUT2D eigenvalue weighted by molar-refractivity contribution is -0.144. The molecule has 4 bridgehead atoms.